The predicted octanol–water partition coefficient (Wildman–Crippen LogP) is 3.23. The molecule has 0 aliphatic heterocycles. The first-order chi connectivity index (χ1) is 7.77. The van der Waals surface area contributed by atoms with Gasteiger partial charge in [-0.1, -0.05) is 50.6 Å². The zero-order valence-electron chi connectivity index (χ0n) is 10.3. The van der Waals surface area contributed by atoms with Crippen molar-refractivity contribution in [2.24, 2.45) is 0 Å². The van der Waals surface area contributed by atoms with Crippen molar-refractivity contribution in [2.75, 3.05) is 6.54 Å². The summed E-state index contributed by atoms with van der Waals surface area (Å²) in [4.78, 5) is 13.7. The van der Waals surface area contributed by atoms with Crippen molar-refractivity contribution < 1.29 is 4.79 Å². The smallest absolute Gasteiger partial charge is 0.222 e. The molecule has 0 aromatic heterocycles. The molecule has 2 nitrogen and oxygen atoms in total. The molecule has 1 amide bonds. The number of hydrogen-bond donors (Lipinski definition) is 0. The van der Waals surface area contributed by atoms with E-state index in [1.54, 1.807) is 0 Å². The summed E-state index contributed by atoms with van der Waals surface area (Å²) in [6.45, 7) is 5.69. The van der Waals surface area contributed by atoms with Gasteiger partial charge < -0.3 is 4.90 Å². The van der Waals surface area contributed by atoms with E-state index in [4.69, 9.17) is 0 Å². The lowest BCUT2D eigenvalue weighted by atomic mass is 10.2. The van der Waals surface area contributed by atoms with Crippen LogP contribution in [0.1, 0.15) is 38.7 Å². The van der Waals surface area contributed by atoms with Gasteiger partial charge in [0.05, 0.1) is 0 Å². The Morgan fingerprint density at radius 3 is 2.44 bits per heavy atom. The standard InChI is InChI=1S/C14H21NO/c1-3-5-11-15(14(16)4-2)12-13-9-7-6-8-10-13/h6-10H,3-5,11-12H2,1-2H3. The number of nitrogens with zero attached hydrogens (tertiary/aromatic N) is 1. The van der Waals surface area contributed by atoms with Gasteiger partial charge in [-0.3, -0.25) is 4.79 Å². The molecule has 0 aliphatic rings. The Bertz CT molecular complexity index is 308. The van der Waals surface area contributed by atoms with Gasteiger partial charge in [-0.15, -0.1) is 0 Å². The second-order valence-electron chi connectivity index (χ2n) is 4.01. The number of carbonyl (C=O) groups is 1. The van der Waals surface area contributed by atoms with E-state index in [9.17, 15) is 4.79 Å². The maximum Gasteiger partial charge on any atom is 0.222 e. The van der Waals surface area contributed by atoms with Crippen LogP contribution in [0, 0.1) is 0 Å². The number of rotatable bonds is 6. The highest BCUT2D eigenvalue weighted by atomic mass is 16.2. The fourth-order valence-electron chi connectivity index (χ4n) is 1.67. The Labute approximate surface area is 98.3 Å². The maximum absolute atomic E-state index is 11.7. The minimum Gasteiger partial charge on any atom is -0.338 e. The summed E-state index contributed by atoms with van der Waals surface area (Å²) in [5.41, 5.74) is 1.21. The van der Waals surface area contributed by atoms with E-state index in [1.165, 1.54) is 5.56 Å². The number of hydrogen-bond acceptors (Lipinski definition) is 1. The quantitative estimate of drug-likeness (QED) is 0.719. The largest absolute Gasteiger partial charge is 0.338 e. The molecular weight excluding hydrogens is 198 g/mol. The van der Waals surface area contributed by atoms with Gasteiger partial charge in [0.1, 0.15) is 0 Å². The van der Waals surface area contributed by atoms with Gasteiger partial charge >= 0.3 is 0 Å². The summed E-state index contributed by atoms with van der Waals surface area (Å²) in [5, 5.41) is 0. The van der Waals surface area contributed by atoms with Gasteiger partial charge in [0.2, 0.25) is 5.91 Å². The summed E-state index contributed by atoms with van der Waals surface area (Å²) in [6, 6.07) is 10.2. The van der Waals surface area contributed by atoms with Crippen molar-refractivity contribution in [3.05, 3.63) is 35.9 Å². The van der Waals surface area contributed by atoms with Gasteiger partial charge in [0.25, 0.3) is 0 Å². The van der Waals surface area contributed by atoms with Gasteiger partial charge in [0.15, 0.2) is 0 Å². The predicted molar refractivity (Wildman–Crippen MR) is 67.1 cm³/mol. The third-order valence-corrected chi connectivity index (χ3v) is 2.65. The highest BCUT2D eigenvalue weighted by Gasteiger charge is 2.10. The maximum atomic E-state index is 11.7. The lowest BCUT2D eigenvalue weighted by molar-refractivity contribution is -0.131. The normalized spacial score (nSPS) is 10.1. The van der Waals surface area contributed by atoms with Crippen molar-refractivity contribution in [1.29, 1.82) is 0 Å². The average molecular weight is 219 g/mol. The van der Waals surface area contributed by atoms with Gasteiger partial charge in [0, 0.05) is 19.5 Å². The molecule has 0 unspecified atom stereocenters. The van der Waals surface area contributed by atoms with Crippen LogP contribution in [-0.4, -0.2) is 17.4 Å². The molecule has 0 saturated heterocycles. The van der Waals surface area contributed by atoms with Crippen LogP contribution in [0.15, 0.2) is 30.3 Å². The Morgan fingerprint density at radius 1 is 1.19 bits per heavy atom. The van der Waals surface area contributed by atoms with Gasteiger partial charge in [-0.25, -0.2) is 0 Å². The molecule has 0 heterocycles. The van der Waals surface area contributed by atoms with Crippen LogP contribution < -0.4 is 0 Å². The molecule has 0 aliphatic carbocycles. The minimum absolute atomic E-state index is 0.248. The van der Waals surface area contributed by atoms with Gasteiger partial charge in [-0.05, 0) is 12.0 Å². The first kappa shape index (κ1) is 12.8. The molecule has 0 fully saturated rings. The van der Waals surface area contributed by atoms with E-state index in [0.29, 0.717) is 6.42 Å². The van der Waals surface area contributed by atoms with E-state index >= 15 is 0 Å². The molecule has 2 heteroatoms. The number of carbonyl (C=O) groups excluding carboxylic acids is 1. The Morgan fingerprint density at radius 2 is 1.88 bits per heavy atom. The van der Waals surface area contributed by atoms with E-state index in [-0.39, 0.29) is 5.91 Å². The summed E-state index contributed by atoms with van der Waals surface area (Å²) in [5.74, 6) is 0.248. The van der Waals surface area contributed by atoms with E-state index in [1.807, 2.05) is 30.0 Å². The molecule has 88 valence electrons. The average Bonchev–Trinajstić information content (AvgIpc) is 2.34. The van der Waals surface area contributed by atoms with Crippen LogP contribution in [0.5, 0.6) is 0 Å². The van der Waals surface area contributed by atoms with E-state index in [2.05, 4.69) is 19.1 Å². The molecule has 0 radical (unpaired) electrons. The summed E-state index contributed by atoms with van der Waals surface area (Å²) < 4.78 is 0. The van der Waals surface area contributed by atoms with Crippen LogP contribution in [-0.2, 0) is 11.3 Å². The second-order valence-corrected chi connectivity index (χ2v) is 4.01. The molecule has 16 heavy (non-hydrogen) atoms. The lowest BCUT2D eigenvalue weighted by Crippen LogP contribution is -2.30. The number of benzene rings is 1. The number of amides is 1. The van der Waals surface area contributed by atoms with Crippen LogP contribution in [0.2, 0.25) is 0 Å². The molecular formula is C14H21NO. The first-order valence-corrected chi connectivity index (χ1v) is 6.09. The van der Waals surface area contributed by atoms with Crippen molar-refractivity contribution in [2.45, 2.75) is 39.7 Å². The van der Waals surface area contributed by atoms with E-state index < -0.39 is 0 Å². The topological polar surface area (TPSA) is 20.3 Å². The Balaban J connectivity index is 2.59. The van der Waals surface area contributed by atoms with Crippen LogP contribution in [0.4, 0.5) is 0 Å². The zero-order valence-corrected chi connectivity index (χ0v) is 10.3. The highest BCUT2D eigenvalue weighted by molar-refractivity contribution is 5.75. The Hall–Kier alpha value is -1.31. The molecule has 0 saturated carbocycles. The highest BCUT2D eigenvalue weighted by Crippen LogP contribution is 2.07. The van der Waals surface area contributed by atoms with Crippen molar-refractivity contribution >= 4 is 5.91 Å². The molecule has 0 spiro atoms. The SMILES string of the molecule is CCCCN(Cc1ccccc1)C(=O)CC. The summed E-state index contributed by atoms with van der Waals surface area (Å²) >= 11 is 0. The monoisotopic (exact) mass is 219 g/mol. The van der Waals surface area contributed by atoms with Crippen LogP contribution in [0.3, 0.4) is 0 Å². The van der Waals surface area contributed by atoms with Crippen molar-refractivity contribution in [3.63, 3.8) is 0 Å². The minimum atomic E-state index is 0.248. The van der Waals surface area contributed by atoms with Gasteiger partial charge in [-0.2, -0.15) is 0 Å². The first-order valence-electron chi connectivity index (χ1n) is 6.09. The molecule has 0 atom stereocenters. The summed E-state index contributed by atoms with van der Waals surface area (Å²) in [6.07, 6.45) is 2.80. The molecule has 1 aromatic carbocycles. The lowest BCUT2D eigenvalue weighted by Gasteiger charge is -2.22. The molecule has 0 N–H and O–H groups in total. The van der Waals surface area contributed by atoms with Crippen LogP contribution >= 0.6 is 0 Å². The molecule has 0 bridgehead atoms. The Kier molecular flexibility index (Phi) is 5.62. The second kappa shape index (κ2) is 7.04. The van der Waals surface area contributed by atoms with Crippen molar-refractivity contribution in [1.82, 2.24) is 4.90 Å². The van der Waals surface area contributed by atoms with Crippen LogP contribution in [0.25, 0.3) is 0 Å². The third-order valence-electron chi connectivity index (χ3n) is 2.65. The fourth-order valence-corrected chi connectivity index (χ4v) is 1.67. The number of unbranched alkanes of at least 4 members (excludes halogenated alkanes) is 1. The van der Waals surface area contributed by atoms with E-state index in [0.717, 1.165) is 25.9 Å². The van der Waals surface area contributed by atoms with Crippen molar-refractivity contribution in [3.8, 4) is 0 Å². The molecule has 1 aromatic rings. The fraction of sp³-hybridized carbons (Fsp3) is 0.500. The zero-order chi connectivity index (χ0) is 11.8. The molecule has 1 rings (SSSR count). The third kappa shape index (κ3) is 4.05. The summed E-state index contributed by atoms with van der Waals surface area (Å²) in [7, 11) is 0.